The Balaban J connectivity index is 1.07. The standard InChI is InChI=1S/C29H29NO4/c1-29(2,17-6-4-3-5-7-17)18-8-10-19(11-9-18)34-24(31)14-15-30-27(32)25-20-12-13-21(23-16-22(20)23)26(25)28(30)33/h3-13,20-23,25-26H,14-16H2,1-2H3/t20-,21+,22-,23-,25+,26-/m1/s1. The molecule has 2 amide bonds. The van der Waals surface area contributed by atoms with Gasteiger partial charge in [-0.15, -0.1) is 0 Å². The number of carbonyl (C=O) groups is 3. The van der Waals surface area contributed by atoms with E-state index in [0.29, 0.717) is 17.6 Å². The lowest BCUT2D eigenvalue weighted by atomic mass is 9.63. The molecule has 7 rings (SSSR count). The summed E-state index contributed by atoms with van der Waals surface area (Å²) in [4.78, 5) is 39.9. The number of likely N-dealkylation sites (tertiary alicyclic amines) is 1. The van der Waals surface area contributed by atoms with Crippen molar-refractivity contribution in [2.45, 2.75) is 32.1 Å². The molecule has 1 saturated heterocycles. The molecule has 1 aliphatic heterocycles. The molecule has 4 aliphatic carbocycles. The van der Waals surface area contributed by atoms with Crippen molar-refractivity contribution in [1.29, 1.82) is 0 Å². The molecule has 5 heteroatoms. The first-order valence-electron chi connectivity index (χ1n) is 12.3. The number of carbonyl (C=O) groups excluding carboxylic acids is 3. The summed E-state index contributed by atoms with van der Waals surface area (Å²) in [6.07, 6.45) is 5.46. The summed E-state index contributed by atoms with van der Waals surface area (Å²) in [6.45, 7) is 4.42. The fourth-order valence-corrected chi connectivity index (χ4v) is 6.59. The quantitative estimate of drug-likeness (QED) is 0.281. The second-order valence-electron chi connectivity index (χ2n) is 10.7. The van der Waals surface area contributed by atoms with Crippen molar-refractivity contribution in [1.82, 2.24) is 4.90 Å². The number of esters is 1. The molecule has 0 N–H and O–H groups in total. The number of benzene rings is 2. The summed E-state index contributed by atoms with van der Waals surface area (Å²) in [5, 5.41) is 0. The van der Waals surface area contributed by atoms with Crippen molar-refractivity contribution in [3.63, 3.8) is 0 Å². The van der Waals surface area contributed by atoms with Crippen molar-refractivity contribution >= 4 is 17.8 Å². The zero-order chi connectivity index (χ0) is 23.6. The minimum atomic E-state index is -0.436. The van der Waals surface area contributed by atoms with Gasteiger partial charge in [0.2, 0.25) is 11.8 Å². The summed E-state index contributed by atoms with van der Waals surface area (Å²) in [5.41, 5.74) is 2.16. The highest BCUT2D eigenvalue weighted by atomic mass is 16.5. The number of rotatable bonds is 6. The van der Waals surface area contributed by atoms with Gasteiger partial charge in [-0.1, -0.05) is 68.5 Å². The van der Waals surface area contributed by atoms with Crippen LogP contribution in [-0.2, 0) is 19.8 Å². The van der Waals surface area contributed by atoms with Gasteiger partial charge in [-0.25, -0.2) is 0 Å². The monoisotopic (exact) mass is 455 g/mol. The predicted molar refractivity (Wildman–Crippen MR) is 127 cm³/mol. The number of hydrogen-bond acceptors (Lipinski definition) is 4. The number of allylic oxidation sites excluding steroid dienone is 2. The first-order valence-corrected chi connectivity index (χ1v) is 12.3. The Labute approximate surface area is 199 Å². The lowest BCUT2D eigenvalue weighted by Gasteiger charge is -2.37. The molecule has 2 aromatic carbocycles. The molecule has 34 heavy (non-hydrogen) atoms. The second kappa shape index (κ2) is 7.66. The summed E-state index contributed by atoms with van der Waals surface area (Å²) in [6, 6.07) is 17.8. The van der Waals surface area contributed by atoms with Gasteiger partial charge in [-0.05, 0) is 53.4 Å². The molecule has 2 aromatic rings. The molecule has 1 heterocycles. The van der Waals surface area contributed by atoms with Crippen LogP contribution < -0.4 is 4.74 Å². The normalized spacial score (nSPS) is 30.8. The van der Waals surface area contributed by atoms with Crippen LogP contribution in [0.1, 0.15) is 37.8 Å². The number of nitrogens with zero attached hydrogens (tertiary/aromatic N) is 1. The third kappa shape index (κ3) is 3.24. The zero-order valence-electron chi connectivity index (χ0n) is 19.5. The van der Waals surface area contributed by atoms with E-state index < -0.39 is 5.97 Å². The van der Waals surface area contributed by atoms with Crippen molar-refractivity contribution in [3.8, 4) is 5.75 Å². The molecule has 2 saturated carbocycles. The minimum absolute atomic E-state index is 0.00377. The lowest BCUT2D eigenvalue weighted by Crippen LogP contribution is -2.40. The maximum absolute atomic E-state index is 13.0. The van der Waals surface area contributed by atoms with Crippen LogP contribution in [0.3, 0.4) is 0 Å². The van der Waals surface area contributed by atoms with Crippen LogP contribution in [0.15, 0.2) is 66.7 Å². The molecular formula is C29H29NO4. The van der Waals surface area contributed by atoms with Crippen LogP contribution in [0.5, 0.6) is 5.75 Å². The van der Waals surface area contributed by atoms with E-state index in [4.69, 9.17) is 4.74 Å². The average Bonchev–Trinajstić information content (AvgIpc) is 3.63. The number of hydrogen-bond donors (Lipinski definition) is 0. The van der Waals surface area contributed by atoms with E-state index in [1.165, 1.54) is 10.5 Å². The molecule has 0 aromatic heterocycles. The van der Waals surface area contributed by atoms with Crippen LogP contribution in [0.25, 0.3) is 0 Å². The van der Waals surface area contributed by atoms with Crippen LogP contribution in [-0.4, -0.2) is 29.2 Å². The molecule has 0 unspecified atom stereocenters. The van der Waals surface area contributed by atoms with Gasteiger partial charge in [-0.2, -0.15) is 0 Å². The van der Waals surface area contributed by atoms with Crippen molar-refractivity contribution in [3.05, 3.63) is 77.9 Å². The summed E-state index contributed by atoms with van der Waals surface area (Å²) >= 11 is 0. The topological polar surface area (TPSA) is 63.7 Å². The van der Waals surface area contributed by atoms with Gasteiger partial charge < -0.3 is 4.74 Å². The van der Waals surface area contributed by atoms with Crippen molar-refractivity contribution < 1.29 is 19.1 Å². The van der Waals surface area contributed by atoms with Gasteiger partial charge in [0.15, 0.2) is 0 Å². The second-order valence-corrected chi connectivity index (χ2v) is 10.7. The van der Waals surface area contributed by atoms with Crippen molar-refractivity contribution in [2.75, 3.05) is 6.54 Å². The lowest BCUT2D eigenvalue weighted by molar-refractivity contribution is -0.141. The molecule has 5 aliphatic rings. The Morgan fingerprint density at radius 3 is 2.03 bits per heavy atom. The van der Waals surface area contributed by atoms with E-state index in [0.717, 1.165) is 12.0 Å². The van der Waals surface area contributed by atoms with E-state index in [1.54, 1.807) is 12.1 Å². The molecule has 0 spiro atoms. The van der Waals surface area contributed by atoms with Gasteiger partial charge in [0.05, 0.1) is 18.3 Å². The summed E-state index contributed by atoms with van der Waals surface area (Å²) in [7, 11) is 0. The molecule has 174 valence electrons. The van der Waals surface area contributed by atoms with E-state index in [2.05, 4.69) is 38.1 Å². The maximum Gasteiger partial charge on any atom is 0.312 e. The predicted octanol–water partition coefficient (Wildman–Crippen LogP) is 4.36. The SMILES string of the molecule is CC(C)(c1ccccc1)c1ccc(OC(=O)CCN2C(=O)[C@@H]3[C@H]4C=C[C@H]([C@H]5C[C@H]45)[C@@H]3C2=O)cc1. The van der Waals surface area contributed by atoms with Gasteiger partial charge in [0, 0.05) is 12.0 Å². The van der Waals surface area contributed by atoms with Gasteiger partial charge in [-0.3, -0.25) is 19.3 Å². The first-order chi connectivity index (χ1) is 16.4. The zero-order valence-corrected chi connectivity index (χ0v) is 19.5. The fourth-order valence-electron chi connectivity index (χ4n) is 6.59. The number of imide groups is 1. The Morgan fingerprint density at radius 2 is 1.44 bits per heavy atom. The Morgan fingerprint density at radius 1 is 0.882 bits per heavy atom. The highest BCUT2D eigenvalue weighted by molar-refractivity contribution is 6.06. The molecule has 2 bridgehead atoms. The fraction of sp³-hybridized carbons (Fsp3) is 0.414. The van der Waals surface area contributed by atoms with Crippen LogP contribution in [0.2, 0.25) is 0 Å². The third-order valence-corrected chi connectivity index (χ3v) is 8.60. The van der Waals surface area contributed by atoms with Crippen LogP contribution in [0, 0.1) is 35.5 Å². The van der Waals surface area contributed by atoms with E-state index >= 15 is 0 Å². The maximum atomic E-state index is 13.0. The largest absolute Gasteiger partial charge is 0.426 e. The van der Waals surface area contributed by atoms with E-state index in [9.17, 15) is 14.4 Å². The highest BCUT2D eigenvalue weighted by Gasteiger charge is 2.66. The number of amides is 2. The van der Waals surface area contributed by atoms with Crippen LogP contribution in [0.4, 0.5) is 0 Å². The van der Waals surface area contributed by atoms with Gasteiger partial charge >= 0.3 is 5.97 Å². The summed E-state index contributed by atoms with van der Waals surface area (Å²) < 4.78 is 5.51. The van der Waals surface area contributed by atoms with Crippen molar-refractivity contribution in [2.24, 2.45) is 35.5 Å². The average molecular weight is 456 g/mol. The molecular weight excluding hydrogens is 426 g/mol. The van der Waals surface area contributed by atoms with E-state index in [1.807, 2.05) is 30.3 Å². The third-order valence-electron chi connectivity index (χ3n) is 8.60. The smallest absolute Gasteiger partial charge is 0.312 e. The molecule has 3 fully saturated rings. The molecule has 0 radical (unpaired) electrons. The summed E-state index contributed by atoms with van der Waals surface area (Å²) in [5.74, 6) is 0.951. The minimum Gasteiger partial charge on any atom is -0.426 e. The van der Waals surface area contributed by atoms with Crippen LogP contribution >= 0.6 is 0 Å². The first kappa shape index (κ1) is 21.3. The molecule has 5 nitrogen and oxygen atoms in total. The highest BCUT2D eigenvalue weighted by Crippen LogP contribution is 2.65. The van der Waals surface area contributed by atoms with Gasteiger partial charge in [0.25, 0.3) is 0 Å². The van der Waals surface area contributed by atoms with Gasteiger partial charge in [0.1, 0.15) is 5.75 Å². The van der Waals surface area contributed by atoms with E-state index in [-0.39, 0.29) is 53.9 Å². The Kier molecular flexibility index (Phi) is 4.80. The Bertz CT molecular complexity index is 1150. The number of ether oxygens (including phenoxy) is 1. The Hall–Kier alpha value is -3.21. The molecule has 6 atom stereocenters.